The Hall–Kier alpha value is -9.15. The summed E-state index contributed by atoms with van der Waals surface area (Å²) in [7, 11) is 0. The molecule has 1 fully saturated rings. The first-order valence-electron chi connectivity index (χ1n) is 27.1. The van der Waals surface area contributed by atoms with Gasteiger partial charge in [0, 0.05) is 88.2 Å². The van der Waals surface area contributed by atoms with E-state index in [9.17, 15) is 82.0 Å². The van der Waals surface area contributed by atoms with E-state index in [1.54, 1.807) is 55.8 Å². The summed E-state index contributed by atoms with van der Waals surface area (Å²) in [5.74, 6) is -13.9. The van der Waals surface area contributed by atoms with Crippen LogP contribution in [0.2, 0.25) is 0 Å². The molecule has 10 N–H and O–H groups in total. The molecule has 0 radical (unpaired) electrons. The molecule has 0 saturated carbocycles. The second-order valence-electron chi connectivity index (χ2n) is 21.1. The summed E-state index contributed by atoms with van der Waals surface area (Å²) in [6.07, 6.45) is -1.97. The molecule has 1 aromatic heterocycles. The molecule has 0 aliphatic carbocycles. The number of amides is 10. The fourth-order valence-electron chi connectivity index (χ4n) is 8.96. The maximum Gasteiger partial charge on any atom is 0.333 e. The number of hydroxylamine groups is 2. The van der Waals surface area contributed by atoms with Gasteiger partial charge in [-0.1, -0.05) is 51.1 Å². The van der Waals surface area contributed by atoms with Crippen LogP contribution in [0.1, 0.15) is 117 Å². The molecule has 3 aromatic rings. The van der Waals surface area contributed by atoms with E-state index in [0.717, 1.165) is 30.7 Å². The van der Waals surface area contributed by atoms with Crippen LogP contribution in [0.5, 0.6) is 0 Å². The lowest BCUT2D eigenvalue weighted by atomic mass is 9.82. The van der Waals surface area contributed by atoms with E-state index in [-0.39, 0.29) is 56.4 Å². The molecule has 29 heteroatoms. The predicted octanol–water partition coefficient (Wildman–Crippen LogP) is 0.613. The number of aliphatic hydroxyl groups is 1. The van der Waals surface area contributed by atoms with E-state index in [4.69, 9.17) is 4.84 Å². The second kappa shape index (κ2) is 32.1. The Morgan fingerprint density at radius 3 is 1.94 bits per heavy atom. The minimum Gasteiger partial charge on any atom is -0.481 e. The zero-order chi connectivity index (χ0) is 63.3. The van der Waals surface area contributed by atoms with Crippen LogP contribution in [-0.4, -0.2) is 163 Å². The normalized spacial score (nSPS) is 14.3. The Morgan fingerprint density at radius 1 is 0.706 bits per heavy atom. The minimum atomic E-state index is -1.91. The van der Waals surface area contributed by atoms with Crippen molar-refractivity contribution < 1.29 is 91.3 Å². The molecule has 10 amide bonds. The van der Waals surface area contributed by atoms with Crippen molar-refractivity contribution in [2.75, 3.05) is 26.2 Å². The van der Waals surface area contributed by atoms with Crippen molar-refractivity contribution >= 4 is 77.0 Å². The van der Waals surface area contributed by atoms with Gasteiger partial charge in [-0.15, -0.1) is 5.06 Å². The Bertz CT molecular complexity index is 2950. The number of carbonyl (C=O) groups is 13. The van der Waals surface area contributed by atoms with E-state index in [1.165, 1.54) is 18.7 Å². The highest BCUT2D eigenvalue weighted by molar-refractivity contribution is 6.01. The monoisotopic (exact) mass is 1190 g/mol. The standard InChI is InChI=1S/C56H72F2N10O17/c1-31(61-33(3)70)51(79)62-32(2)52(80)65-41(27-48(76)77)54(82)64-39(53(81)60-23-22-59-43(71)18-17-40(55(83)84)63-44(72)13-10-14-49(78)85-68-45(73)19-20-46(68)74)21-24-67(47(75)30-69)50(56(4,5)6)42-25-35(37-26-36(57)15-16-38(37)58)29-66(42)28-34-11-8-7-9-12-34/h7-9,11-12,15-16,25-26,29,31-32,39-41,50,69H,10,13-14,17-24,27-28,30H2,1-6H3,(H,59,71)(H,60,81)(H,61,70)(H,62,79)(H,63,72)(H,64,82)(H,65,80)(H,76,77)(H,83,84)/t31-,32+,39-,40-,41-,50-/m0/s1. The zero-order valence-corrected chi connectivity index (χ0v) is 47.8. The summed E-state index contributed by atoms with van der Waals surface area (Å²) >= 11 is 0. The van der Waals surface area contributed by atoms with Crippen molar-refractivity contribution in [2.45, 2.75) is 142 Å². The fourth-order valence-corrected chi connectivity index (χ4v) is 8.96. The van der Waals surface area contributed by atoms with Crippen molar-refractivity contribution in [2.24, 2.45) is 5.41 Å². The fraction of sp³-hybridized carbons (Fsp3) is 0.482. The molecule has 0 spiro atoms. The van der Waals surface area contributed by atoms with Gasteiger partial charge in [-0.3, -0.25) is 52.7 Å². The topological polar surface area (TPSA) is 387 Å². The zero-order valence-electron chi connectivity index (χ0n) is 47.8. The Kier molecular flexibility index (Phi) is 25.8. The lowest BCUT2D eigenvalue weighted by molar-refractivity contribution is -0.197. The predicted molar refractivity (Wildman–Crippen MR) is 294 cm³/mol. The molecular weight excluding hydrogens is 1120 g/mol. The van der Waals surface area contributed by atoms with E-state index < -0.39 is 176 Å². The Morgan fingerprint density at radius 2 is 1.33 bits per heavy atom. The van der Waals surface area contributed by atoms with Gasteiger partial charge in [0.2, 0.25) is 47.3 Å². The van der Waals surface area contributed by atoms with Crippen molar-refractivity contribution in [1.82, 2.24) is 51.7 Å². The molecule has 6 atom stereocenters. The third kappa shape index (κ3) is 21.5. The van der Waals surface area contributed by atoms with Gasteiger partial charge in [0.1, 0.15) is 48.5 Å². The molecule has 1 aliphatic rings. The number of imide groups is 1. The summed E-state index contributed by atoms with van der Waals surface area (Å²) in [6.45, 7) is 6.95. The third-order valence-electron chi connectivity index (χ3n) is 13.1. The Balaban J connectivity index is 1.57. The summed E-state index contributed by atoms with van der Waals surface area (Å²) < 4.78 is 31.8. The number of carboxylic acid groups (broad SMARTS) is 2. The van der Waals surface area contributed by atoms with Crippen LogP contribution >= 0.6 is 0 Å². The van der Waals surface area contributed by atoms with Crippen LogP contribution in [-0.2, 0) is 73.7 Å². The number of hydrogen-bond donors (Lipinski definition) is 10. The lowest BCUT2D eigenvalue weighted by Crippen LogP contribution is -2.58. The molecule has 1 saturated heterocycles. The molecule has 1 aliphatic heterocycles. The van der Waals surface area contributed by atoms with Crippen LogP contribution < -0.4 is 37.2 Å². The van der Waals surface area contributed by atoms with Crippen molar-refractivity contribution in [3.05, 3.63) is 83.7 Å². The third-order valence-corrected chi connectivity index (χ3v) is 13.1. The first-order valence-corrected chi connectivity index (χ1v) is 27.1. The van der Waals surface area contributed by atoms with Crippen LogP contribution in [0.3, 0.4) is 0 Å². The van der Waals surface area contributed by atoms with Crippen LogP contribution in [0, 0.1) is 17.0 Å². The number of nitrogens with zero attached hydrogens (tertiary/aromatic N) is 3. The number of aliphatic carboxylic acids is 2. The second-order valence-corrected chi connectivity index (χ2v) is 21.1. The molecule has 2 heterocycles. The van der Waals surface area contributed by atoms with Crippen molar-refractivity contribution in [3.8, 4) is 11.1 Å². The lowest BCUT2D eigenvalue weighted by Gasteiger charge is -2.41. The number of benzene rings is 2. The van der Waals surface area contributed by atoms with Crippen LogP contribution in [0.25, 0.3) is 11.1 Å². The van der Waals surface area contributed by atoms with Gasteiger partial charge in [-0.25, -0.2) is 18.4 Å². The number of aliphatic hydroxyl groups excluding tert-OH is 1. The summed E-state index contributed by atoms with van der Waals surface area (Å²) in [5, 5.41) is 47.0. The SMILES string of the molecule is CC(=O)N[C@@H](C)C(=O)N[C@H](C)C(=O)N[C@@H](CC(=O)O)C(=O)N[C@@H](CCN(C(=O)CO)[C@@H](c1cc(-c2cc(F)ccc2F)cn1Cc1ccccc1)C(C)(C)C)C(=O)NCCNC(=O)CC[C@H](NC(=O)CCCC(=O)ON1C(=O)CCC1=O)C(=O)O. The van der Waals surface area contributed by atoms with E-state index in [0.29, 0.717) is 10.8 Å². The van der Waals surface area contributed by atoms with E-state index in [2.05, 4.69) is 37.2 Å². The molecule has 462 valence electrons. The largest absolute Gasteiger partial charge is 0.481 e. The van der Waals surface area contributed by atoms with Gasteiger partial charge in [-0.05, 0) is 68.4 Å². The number of nitrogens with one attached hydrogen (secondary N) is 7. The first kappa shape index (κ1) is 68.3. The van der Waals surface area contributed by atoms with Gasteiger partial charge in [-0.2, -0.15) is 0 Å². The van der Waals surface area contributed by atoms with Gasteiger partial charge >= 0.3 is 17.9 Å². The average molecular weight is 1200 g/mol. The molecular formula is C56H72F2N10O17. The summed E-state index contributed by atoms with van der Waals surface area (Å²) in [5.41, 5.74) is 0.318. The van der Waals surface area contributed by atoms with Gasteiger partial charge in [0.15, 0.2) is 0 Å². The van der Waals surface area contributed by atoms with Crippen LogP contribution in [0.15, 0.2) is 60.8 Å². The first-order chi connectivity index (χ1) is 40.0. The van der Waals surface area contributed by atoms with Crippen LogP contribution in [0.4, 0.5) is 8.78 Å². The highest BCUT2D eigenvalue weighted by Gasteiger charge is 2.39. The maximum absolute atomic E-state index is 15.4. The number of carbonyl (C=O) groups excluding carboxylic acids is 11. The number of hydrogen-bond acceptors (Lipinski definition) is 15. The Labute approximate surface area is 487 Å². The highest BCUT2D eigenvalue weighted by Crippen LogP contribution is 2.41. The molecule has 4 rings (SSSR count). The smallest absolute Gasteiger partial charge is 0.333 e. The molecule has 2 aromatic carbocycles. The van der Waals surface area contributed by atoms with Crippen molar-refractivity contribution in [3.63, 3.8) is 0 Å². The van der Waals surface area contributed by atoms with Gasteiger partial charge < -0.3 is 66.8 Å². The number of carboxylic acids is 2. The quantitative estimate of drug-likeness (QED) is 0.0302. The molecule has 85 heavy (non-hydrogen) atoms. The molecule has 0 bridgehead atoms. The maximum atomic E-state index is 15.4. The van der Waals surface area contributed by atoms with E-state index >= 15 is 4.39 Å². The highest BCUT2D eigenvalue weighted by atomic mass is 19.1. The minimum absolute atomic E-state index is 0.102. The molecule has 27 nitrogen and oxygen atoms in total. The number of rotatable bonds is 32. The summed E-state index contributed by atoms with van der Waals surface area (Å²) in [4.78, 5) is 171. The average Bonchev–Trinajstić information content (AvgIpc) is 2.90. The summed E-state index contributed by atoms with van der Waals surface area (Å²) in [6, 6.07) is 4.79. The van der Waals surface area contributed by atoms with E-state index in [1.807, 2.05) is 12.1 Å². The molecule has 0 unspecified atom stereocenters. The van der Waals surface area contributed by atoms with Gasteiger partial charge in [0.25, 0.3) is 11.8 Å². The number of aromatic nitrogens is 1. The van der Waals surface area contributed by atoms with Crippen molar-refractivity contribution in [1.29, 1.82) is 0 Å². The van der Waals surface area contributed by atoms with Gasteiger partial charge in [0.05, 0.1) is 12.5 Å². The number of halogens is 2.